The second kappa shape index (κ2) is 17.5. The fourth-order valence-electron chi connectivity index (χ4n) is 9.54. The summed E-state index contributed by atoms with van der Waals surface area (Å²) in [6, 6.07) is 57.0. The van der Waals surface area contributed by atoms with E-state index in [0.29, 0.717) is 11.4 Å². The molecule has 0 radical (unpaired) electrons. The minimum Gasteiger partial charge on any atom is -0.507 e. The van der Waals surface area contributed by atoms with E-state index in [1.807, 2.05) is 6.20 Å². The Morgan fingerprint density at radius 1 is 0.420 bits per heavy atom. The first-order valence-corrected chi connectivity index (χ1v) is 24.5. The van der Waals surface area contributed by atoms with Crippen LogP contribution in [0.25, 0.3) is 83.9 Å². The molecule has 2 aromatic heterocycles. The number of fused-ring (bicyclic) bond motifs is 1. The summed E-state index contributed by atoms with van der Waals surface area (Å²) in [4.78, 5) is 10.8. The van der Waals surface area contributed by atoms with Gasteiger partial charge in [0.1, 0.15) is 11.6 Å². The lowest BCUT2D eigenvalue weighted by Crippen LogP contribution is -2.17. The number of aryl methyl sites for hydroxylation is 1. The molecule has 4 heteroatoms. The number of rotatable bonds is 7. The Morgan fingerprint density at radius 3 is 1.62 bits per heavy atom. The number of benzene rings is 7. The molecule has 0 unspecified atom stereocenters. The second-order valence-electron chi connectivity index (χ2n) is 23.1. The van der Waals surface area contributed by atoms with Crippen LogP contribution in [0.4, 0.5) is 0 Å². The molecule has 1 N–H and O–H groups in total. The van der Waals surface area contributed by atoms with Gasteiger partial charge in [-0.05, 0) is 127 Å². The Bertz CT molecular complexity index is 3350. The summed E-state index contributed by atoms with van der Waals surface area (Å²) in [5.74, 6) is 0.937. The first kappa shape index (κ1) is 47.0. The predicted molar refractivity (Wildman–Crippen MR) is 293 cm³/mol. The Morgan fingerprint density at radius 2 is 1.01 bits per heavy atom. The number of aromatic nitrogens is 3. The van der Waals surface area contributed by atoms with Crippen molar-refractivity contribution in [2.45, 2.75) is 112 Å². The summed E-state index contributed by atoms with van der Waals surface area (Å²) < 4.78 is 2.33. The van der Waals surface area contributed by atoms with Gasteiger partial charge in [0.15, 0.2) is 0 Å². The van der Waals surface area contributed by atoms with Gasteiger partial charge >= 0.3 is 0 Å². The smallest absolute Gasteiger partial charge is 0.149 e. The van der Waals surface area contributed by atoms with Gasteiger partial charge in [0.05, 0.1) is 28.0 Å². The summed E-state index contributed by atoms with van der Waals surface area (Å²) in [6.45, 7) is 29.1. The van der Waals surface area contributed by atoms with Crippen molar-refractivity contribution < 1.29 is 5.11 Å². The number of hydrogen-bond acceptors (Lipinski definition) is 3. The van der Waals surface area contributed by atoms with Gasteiger partial charge in [-0.2, -0.15) is 0 Å². The van der Waals surface area contributed by atoms with Crippen molar-refractivity contribution in [1.29, 1.82) is 0 Å². The molecular formula is C65H67N3O. The normalized spacial score (nSPS) is 12.5. The fraction of sp³-hybridized carbons (Fsp3) is 0.262. The van der Waals surface area contributed by atoms with Gasteiger partial charge in [-0.1, -0.05) is 198 Å². The van der Waals surface area contributed by atoms with Crippen LogP contribution in [0.15, 0.2) is 164 Å². The summed E-state index contributed by atoms with van der Waals surface area (Å²) >= 11 is 0. The maximum atomic E-state index is 12.8. The molecule has 7 aromatic carbocycles. The van der Waals surface area contributed by atoms with Crippen LogP contribution >= 0.6 is 0 Å². The number of phenols is 1. The van der Waals surface area contributed by atoms with Crippen molar-refractivity contribution in [2.24, 2.45) is 0 Å². The number of para-hydroxylation sites is 1. The fourth-order valence-corrected chi connectivity index (χ4v) is 9.54. The lowest BCUT2D eigenvalue weighted by atomic mass is 9.78. The van der Waals surface area contributed by atoms with Crippen molar-refractivity contribution in [1.82, 2.24) is 14.5 Å². The lowest BCUT2D eigenvalue weighted by molar-refractivity contribution is 0.446. The van der Waals surface area contributed by atoms with Crippen molar-refractivity contribution in [3.05, 3.63) is 192 Å². The molecule has 348 valence electrons. The zero-order valence-corrected chi connectivity index (χ0v) is 42.9. The van der Waals surface area contributed by atoms with E-state index in [1.54, 1.807) is 0 Å². The molecule has 0 aliphatic carbocycles. The first-order chi connectivity index (χ1) is 32.6. The highest BCUT2D eigenvalue weighted by atomic mass is 16.3. The molecule has 9 rings (SSSR count). The molecule has 69 heavy (non-hydrogen) atoms. The molecule has 4 nitrogen and oxygen atoms in total. The van der Waals surface area contributed by atoms with Crippen LogP contribution < -0.4 is 0 Å². The monoisotopic (exact) mass is 906 g/mol. The largest absolute Gasteiger partial charge is 0.507 e. The zero-order chi connectivity index (χ0) is 49.2. The molecule has 0 bridgehead atoms. The Balaban J connectivity index is 1.41. The third-order valence-electron chi connectivity index (χ3n) is 13.6. The number of phenolic OH excluding ortho intramolecular Hbond substituents is 1. The SMILES string of the molecule is Cc1ccc(-c2ccnc(-c3cc(-c4cccc5c4nc(-c4cc(C(C)(C)C)cc(C(C)(C)C)c4O)n5-c4cc(-c5ccccc5)c(C(C)(C)C)cc4-c4ccccc4)cc(C(C)(C)C)c3)c2)cc1. The van der Waals surface area contributed by atoms with E-state index in [-0.39, 0.29) is 27.4 Å². The quantitative estimate of drug-likeness (QED) is 0.173. The second-order valence-corrected chi connectivity index (χ2v) is 23.1. The highest BCUT2D eigenvalue weighted by molar-refractivity contribution is 5.98. The maximum absolute atomic E-state index is 12.8. The number of pyridine rings is 1. The van der Waals surface area contributed by atoms with Crippen LogP contribution in [0.1, 0.15) is 111 Å². The van der Waals surface area contributed by atoms with Crippen molar-refractivity contribution in [2.75, 3.05) is 0 Å². The van der Waals surface area contributed by atoms with E-state index in [4.69, 9.17) is 9.97 Å². The lowest BCUT2D eigenvalue weighted by Gasteiger charge is -2.28. The van der Waals surface area contributed by atoms with Crippen LogP contribution in [0.3, 0.4) is 0 Å². The molecule has 0 aliphatic heterocycles. The van der Waals surface area contributed by atoms with Crippen LogP contribution in [0.5, 0.6) is 5.75 Å². The van der Waals surface area contributed by atoms with Gasteiger partial charge in [-0.3, -0.25) is 9.55 Å². The zero-order valence-electron chi connectivity index (χ0n) is 42.9. The number of aromatic hydroxyl groups is 1. The first-order valence-electron chi connectivity index (χ1n) is 24.5. The Kier molecular flexibility index (Phi) is 11.9. The van der Waals surface area contributed by atoms with Crippen molar-refractivity contribution in [3.8, 4) is 78.6 Å². The highest BCUT2D eigenvalue weighted by Crippen LogP contribution is 2.48. The molecule has 0 saturated carbocycles. The summed E-state index contributed by atoms with van der Waals surface area (Å²) in [5, 5.41) is 12.8. The molecule has 0 fully saturated rings. The van der Waals surface area contributed by atoms with Crippen molar-refractivity contribution in [3.63, 3.8) is 0 Å². The van der Waals surface area contributed by atoms with Crippen molar-refractivity contribution >= 4 is 11.0 Å². The van der Waals surface area contributed by atoms with Gasteiger partial charge in [0.2, 0.25) is 0 Å². The molecule has 2 heterocycles. The Hall–Kier alpha value is -7.04. The van der Waals surface area contributed by atoms with E-state index in [2.05, 4.69) is 252 Å². The number of imidazole rings is 1. The van der Waals surface area contributed by atoms with E-state index < -0.39 is 0 Å². The van der Waals surface area contributed by atoms with Gasteiger partial charge in [-0.15, -0.1) is 0 Å². The van der Waals surface area contributed by atoms with Gasteiger partial charge in [-0.25, -0.2) is 4.98 Å². The average molecular weight is 906 g/mol. The minimum atomic E-state index is -0.347. The summed E-state index contributed by atoms with van der Waals surface area (Å²) in [6.07, 6.45) is 1.92. The van der Waals surface area contributed by atoms with E-state index in [1.165, 1.54) is 16.7 Å². The third kappa shape index (κ3) is 9.30. The maximum Gasteiger partial charge on any atom is 0.149 e. The molecule has 0 saturated heterocycles. The van der Waals surface area contributed by atoms with E-state index >= 15 is 0 Å². The van der Waals surface area contributed by atoms with Crippen LogP contribution in [-0.2, 0) is 21.7 Å². The minimum absolute atomic E-state index is 0.159. The highest BCUT2D eigenvalue weighted by Gasteiger charge is 2.31. The van der Waals surface area contributed by atoms with Gasteiger partial charge < -0.3 is 5.11 Å². The summed E-state index contributed by atoms with van der Waals surface area (Å²) in [7, 11) is 0. The standard InChI is InChI=1S/C65H67N3O/c1-41-27-29-42(30-28-41)45-31-32-66-56(36-45)47-33-46(34-48(35-47)62(2,3)4)50-25-20-26-57-59(50)67-61(53-37-49(63(5,6)7)38-55(60(53)69)65(11,12)13)68(57)58-40-51(43-21-16-14-17-22-43)54(64(8,9)10)39-52(58)44-23-18-15-19-24-44/h14-40,69H,1-13H3. The third-order valence-corrected chi connectivity index (χ3v) is 13.6. The van der Waals surface area contributed by atoms with Gasteiger partial charge in [0, 0.05) is 28.5 Å². The molecular weight excluding hydrogens is 839 g/mol. The van der Waals surface area contributed by atoms with Gasteiger partial charge in [0.25, 0.3) is 0 Å². The Labute approximate surface area is 410 Å². The van der Waals surface area contributed by atoms with Crippen LogP contribution in [-0.4, -0.2) is 19.6 Å². The predicted octanol–water partition coefficient (Wildman–Crippen LogP) is 17.6. The molecule has 0 atom stereocenters. The summed E-state index contributed by atoms with van der Waals surface area (Å²) in [5.41, 5.74) is 19.1. The molecule has 0 amide bonds. The molecule has 9 aromatic rings. The van der Waals surface area contributed by atoms with E-state index in [0.717, 1.165) is 83.6 Å². The van der Waals surface area contributed by atoms with Crippen LogP contribution in [0, 0.1) is 6.92 Å². The number of nitrogens with zero attached hydrogens (tertiary/aromatic N) is 3. The average Bonchev–Trinajstić information content (AvgIpc) is 3.70. The topological polar surface area (TPSA) is 50.9 Å². The van der Waals surface area contributed by atoms with E-state index in [9.17, 15) is 5.11 Å². The molecule has 0 aliphatic rings. The number of hydrogen-bond donors (Lipinski definition) is 1. The van der Waals surface area contributed by atoms with Crippen LogP contribution in [0.2, 0.25) is 0 Å². The molecule has 0 spiro atoms.